The van der Waals surface area contributed by atoms with Gasteiger partial charge in [0.2, 0.25) is 0 Å². The molecular weight excluding hydrogens is 249 g/mol. The second-order valence-corrected chi connectivity index (χ2v) is 5.22. The fourth-order valence-corrected chi connectivity index (χ4v) is 2.59. The first kappa shape index (κ1) is 14.7. The first-order chi connectivity index (χ1) is 9.74. The maximum absolute atomic E-state index is 13.8. The molecule has 0 fully saturated rings. The highest BCUT2D eigenvalue weighted by Crippen LogP contribution is 2.28. The average molecular weight is 271 g/mol. The summed E-state index contributed by atoms with van der Waals surface area (Å²) in [7, 11) is 0. The van der Waals surface area contributed by atoms with Crippen LogP contribution in [0.2, 0.25) is 0 Å². The van der Waals surface area contributed by atoms with Crippen molar-refractivity contribution in [2.45, 2.75) is 38.1 Å². The zero-order chi connectivity index (χ0) is 14.4. The molecule has 106 valence electrons. The number of unbranched alkanes of at least 4 members (excludes halogenated alkanes) is 3. The molecule has 20 heavy (non-hydrogen) atoms. The van der Waals surface area contributed by atoms with E-state index in [9.17, 15) is 4.39 Å². The van der Waals surface area contributed by atoms with Crippen LogP contribution < -0.4 is 5.73 Å². The summed E-state index contributed by atoms with van der Waals surface area (Å²) in [6, 6.07) is 10.9. The molecule has 0 aliphatic heterocycles. The Morgan fingerprint density at radius 3 is 2.55 bits per heavy atom. The van der Waals surface area contributed by atoms with Gasteiger partial charge in [-0.05, 0) is 36.3 Å². The van der Waals surface area contributed by atoms with Gasteiger partial charge in [-0.15, -0.1) is 6.58 Å². The third-order valence-electron chi connectivity index (χ3n) is 3.73. The fourth-order valence-electron chi connectivity index (χ4n) is 2.59. The van der Waals surface area contributed by atoms with Gasteiger partial charge in [-0.25, -0.2) is 4.39 Å². The van der Waals surface area contributed by atoms with Gasteiger partial charge in [0, 0.05) is 11.4 Å². The molecule has 2 rings (SSSR count). The Bertz CT molecular complexity index is 577. The molecule has 0 amide bonds. The monoisotopic (exact) mass is 271 g/mol. The van der Waals surface area contributed by atoms with Crippen molar-refractivity contribution in [2.75, 3.05) is 0 Å². The molecule has 2 N–H and O–H groups in total. The van der Waals surface area contributed by atoms with E-state index in [-0.39, 0.29) is 11.9 Å². The molecule has 2 heteroatoms. The molecule has 0 saturated heterocycles. The quantitative estimate of drug-likeness (QED) is 0.549. The summed E-state index contributed by atoms with van der Waals surface area (Å²) in [6.07, 6.45) is 7.38. The van der Waals surface area contributed by atoms with Gasteiger partial charge in [0.05, 0.1) is 0 Å². The minimum absolute atomic E-state index is 0.0239. The molecule has 1 unspecified atom stereocenters. The highest BCUT2D eigenvalue weighted by atomic mass is 19.1. The van der Waals surface area contributed by atoms with Crippen LogP contribution in [0.5, 0.6) is 0 Å². The smallest absolute Gasteiger partial charge is 0.131 e. The predicted molar refractivity (Wildman–Crippen MR) is 84.1 cm³/mol. The minimum atomic E-state index is -0.178. The molecule has 0 bridgehead atoms. The van der Waals surface area contributed by atoms with E-state index in [1.165, 1.54) is 18.9 Å². The molecule has 1 atom stereocenters. The Labute approximate surface area is 120 Å². The first-order valence-electron chi connectivity index (χ1n) is 7.27. The lowest BCUT2D eigenvalue weighted by atomic mass is 9.95. The van der Waals surface area contributed by atoms with Crippen molar-refractivity contribution in [2.24, 2.45) is 5.73 Å². The summed E-state index contributed by atoms with van der Waals surface area (Å²) in [6.45, 7) is 3.72. The number of halogens is 1. The van der Waals surface area contributed by atoms with E-state index in [4.69, 9.17) is 5.73 Å². The van der Waals surface area contributed by atoms with E-state index in [1.54, 1.807) is 0 Å². The van der Waals surface area contributed by atoms with Crippen LogP contribution in [-0.4, -0.2) is 0 Å². The van der Waals surface area contributed by atoms with Gasteiger partial charge in [-0.2, -0.15) is 0 Å². The predicted octanol–water partition coefficient (Wildman–Crippen LogP) is 5.12. The zero-order valence-corrected chi connectivity index (χ0v) is 11.8. The van der Waals surface area contributed by atoms with Gasteiger partial charge < -0.3 is 5.73 Å². The largest absolute Gasteiger partial charge is 0.324 e. The van der Waals surface area contributed by atoms with E-state index >= 15 is 0 Å². The van der Waals surface area contributed by atoms with Crippen LogP contribution >= 0.6 is 0 Å². The van der Waals surface area contributed by atoms with Crippen molar-refractivity contribution in [3.63, 3.8) is 0 Å². The number of benzene rings is 2. The number of fused-ring (bicyclic) bond motifs is 1. The molecule has 0 saturated carbocycles. The molecule has 0 radical (unpaired) electrons. The third kappa shape index (κ3) is 3.45. The maximum Gasteiger partial charge on any atom is 0.131 e. The molecular formula is C18H22FN. The number of allylic oxidation sites excluding steroid dienone is 1. The van der Waals surface area contributed by atoms with Crippen molar-refractivity contribution >= 4 is 10.8 Å². The van der Waals surface area contributed by atoms with Crippen LogP contribution in [-0.2, 0) is 0 Å². The number of rotatable bonds is 7. The summed E-state index contributed by atoms with van der Waals surface area (Å²) in [4.78, 5) is 0. The van der Waals surface area contributed by atoms with Crippen LogP contribution in [0.1, 0.15) is 43.7 Å². The Balaban J connectivity index is 2.08. The zero-order valence-electron chi connectivity index (χ0n) is 11.8. The highest BCUT2D eigenvalue weighted by Gasteiger charge is 2.11. The van der Waals surface area contributed by atoms with E-state index < -0.39 is 0 Å². The minimum Gasteiger partial charge on any atom is -0.324 e. The van der Waals surface area contributed by atoms with Crippen LogP contribution in [0, 0.1) is 5.82 Å². The van der Waals surface area contributed by atoms with Crippen molar-refractivity contribution < 1.29 is 4.39 Å². The van der Waals surface area contributed by atoms with Crippen molar-refractivity contribution in [3.8, 4) is 0 Å². The average Bonchev–Trinajstić information content (AvgIpc) is 2.47. The van der Waals surface area contributed by atoms with Crippen molar-refractivity contribution in [3.05, 3.63) is 60.4 Å². The molecule has 0 heterocycles. The number of nitrogens with two attached hydrogens (primary N) is 1. The molecule has 0 spiro atoms. The SMILES string of the molecule is C=CCCCCCC(N)c1ccc(F)c2ccccc12. The topological polar surface area (TPSA) is 26.0 Å². The standard InChI is InChI=1S/C18H22FN/c1-2-3-4-5-6-11-18(20)16-12-13-17(19)15-10-8-7-9-14(15)16/h2,7-10,12-13,18H,1,3-6,11,20H2. The van der Waals surface area contributed by atoms with E-state index in [1.807, 2.05) is 36.4 Å². The van der Waals surface area contributed by atoms with E-state index in [0.717, 1.165) is 30.2 Å². The van der Waals surface area contributed by atoms with Gasteiger partial charge in [0.1, 0.15) is 5.82 Å². The summed E-state index contributed by atoms with van der Waals surface area (Å²) < 4.78 is 13.8. The van der Waals surface area contributed by atoms with Gasteiger partial charge in [-0.1, -0.05) is 49.2 Å². The number of hydrogen-bond donors (Lipinski definition) is 1. The second-order valence-electron chi connectivity index (χ2n) is 5.22. The molecule has 0 aliphatic rings. The highest BCUT2D eigenvalue weighted by molar-refractivity contribution is 5.86. The number of hydrogen-bond acceptors (Lipinski definition) is 1. The van der Waals surface area contributed by atoms with Crippen LogP contribution in [0.15, 0.2) is 49.1 Å². The molecule has 2 aromatic rings. The molecule has 1 nitrogen and oxygen atoms in total. The Hall–Kier alpha value is -1.67. The van der Waals surface area contributed by atoms with E-state index in [2.05, 4.69) is 6.58 Å². The molecule has 2 aromatic carbocycles. The van der Waals surface area contributed by atoms with Crippen molar-refractivity contribution in [1.29, 1.82) is 0 Å². The van der Waals surface area contributed by atoms with Crippen LogP contribution in [0.3, 0.4) is 0 Å². The summed E-state index contributed by atoms with van der Waals surface area (Å²) in [5, 5.41) is 1.60. The van der Waals surface area contributed by atoms with Crippen LogP contribution in [0.25, 0.3) is 10.8 Å². The lowest BCUT2D eigenvalue weighted by Crippen LogP contribution is -2.11. The van der Waals surface area contributed by atoms with Gasteiger partial charge in [-0.3, -0.25) is 0 Å². The Morgan fingerprint density at radius 1 is 1.05 bits per heavy atom. The Morgan fingerprint density at radius 2 is 1.80 bits per heavy atom. The molecule has 0 aromatic heterocycles. The van der Waals surface area contributed by atoms with Crippen molar-refractivity contribution in [1.82, 2.24) is 0 Å². The fraction of sp³-hybridized carbons (Fsp3) is 0.333. The van der Waals surface area contributed by atoms with E-state index in [0.29, 0.717) is 5.39 Å². The maximum atomic E-state index is 13.8. The van der Waals surface area contributed by atoms with Gasteiger partial charge in [0.15, 0.2) is 0 Å². The van der Waals surface area contributed by atoms with Gasteiger partial charge in [0.25, 0.3) is 0 Å². The second kappa shape index (κ2) is 7.20. The van der Waals surface area contributed by atoms with Crippen LogP contribution in [0.4, 0.5) is 4.39 Å². The normalized spacial score (nSPS) is 12.5. The summed E-state index contributed by atoms with van der Waals surface area (Å²) in [5.41, 5.74) is 7.33. The summed E-state index contributed by atoms with van der Waals surface area (Å²) in [5.74, 6) is -0.178. The Kier molecular flexibility index (Phi) is 5.31. The summed E-state index contributed by atoms with van der Waals surface area (Å²) >= 11 is 0. The lowest BCUT2D eigenvalue weighted by Gasteiger charge is -2.15. The van der Waals surface area contributed by atoms with Gasteiger partial charge >= 0.3 is 0 Å². The lowest BCUT2D eigenvalue weighted by molar-refractivity contribution is 0.573. The first-order valence-corrected chi connectivity index (χ1v) is 7.27. The third-order valence-corrected chi connectivity index (χ3v) is 3.73. The molecule has 0 aliphatic carbocycles.